The van der Waals surface area contributed by atoms with Crippen molar-refractivity contribution in [1.29, 1.82) is 0 Å². The molecular formula is C22H25N3O4S. The Hall–Kier alpha value is -2.97. The van der Waals surface area contributed by atoms with Crippen molar-refractivity contribution in [3.8, 4) is 0 Å². The Balaban J connectivity index is 1.61. The largest absolute Gasteiger partial charge is 0.444 e. The van der Waals surface area contributed by atoms with E-state index >= 15 is 0 Å². The van der Waals surface area contributed by atoms with Crippen LogP contribution in [-0.2, 0) is 27.8 Å². The van der Waals surface area contributed by atoms with E-state index in [2.05, 4.69) is 15.0 Å². The third-order valence-electron chi connectivity index (χ3n) is 4.26. The van der Waals surface area contributed by atoms with Crippen LogP contribution in [-0.4, -0.2) is 25.1 Å². The number of fused-ring (bicyclic) bond motifs is 1. The average Bonchev–Trinajstić information content (AvgIpc) is 2.70. The van der Waals surface area contributed by atoms with Gasteiger partial charge in [-0.2, -0.15) is 0 Å². The van der Waals surface area contributed by atoms with Gasteiger partial charge in [0.05, 0.1) is 4.90 Å². The van der Waals surface area contributed by atoms with Gasteiger partial charge in [-0.05, 0) is 44.0 Å². The van der Waals surface area contributed by atoms with Gasteiger partial charge < -0.3 is 10.1 Å². The summed E-state index contributed by atoms with van der Waals surface area (Å²) in [5, 5.41) is 4.09. The molecule has 0 unspecified atom stereocenters. The minimum Gasteiger partial charge on any atom is -0.444 e. The number of amides is 1. The van der Waals surface area contributed by atoms with Gasteiger partial charge in [0.15, 0.2) is 0 Å². The molecule has 0 saturated carbocycles. The van der Waals surface area contributed by atoms with Crippen LogP contribution in [0.1, 0.15) is 31.9 Å². The standard InChI is InChI=1S/C22H25N3O4S/c1-22(2,3)29-21(26)24-13-16-7-9-17(10-8-16)14-25-30(27,28)20-6-4-5-18-15-23-12-11-19(18)20/h4-12,15,25H,13-14H2,1-3H3,(H,24,26). The van der Waals surface area contributed by atoms with Crippen molar-refractivity contribution in [2.24, 2.45) is 0 Å². The lowest BCUT2D eigenvalue weighted by Crippen LogP contribution is -2.32. The summed E-state index contributed by atoms with van der Waals surface area (Å²) in [6.45, 7) is 5.89. The lowest BCUT2D eigenvalue weighted by molar-refractivity contribution is 0.0523. The Morgan fingerprint density at radius 2 is 1.67 bits per heavy atom. The van der Waals surface area contributed by atoms with Crippen molar-refractivity contribution >= 4 is 26.9 Å². The van der Waals surface area contributed by atoms with Crippen LogP contribution >= 0.6 is 0 Å². The summed E-state index contributed by atoms with van der Waals surface area (Å²) < 4.78 is 33.4. The molecule has 0 saturated heterocycles. The SMILES string of the molecule is CC(C)(C)OC(=O)NCc1ccc(CNS(=O)(=O)c2cccc3cnccc23)cc1. The number of alkyl carbamates (subject to hydrolysis) is 1. The van der Waals surface area contributed by atoms with Crippen molar-refractivity contribution in [3.63, 3.8) is 0 Å². The predicted octanol–water partition coefficient (Wildman–Crippen LogP) is 3.74. The van der Waals surface area contributed by atoms with E-state index in [0.717, 1.165) is 16.5 Å². The number of pyridine rings is 1. The number of carbonyl (C=O) groups is 1. The molecule has 158 valence electrons. The minimum absolute atomic E-state index is 0.156. The average molecular weight is 428 g/mol. The third-order valence-corrected chi connectivity index (χ3v) is 5.71. The van der Waals surface area contributed by atoms with Crippen LogP contribution in [0.15, 0.2) is 65.8 Å². The van der Waals surface area contributed by atoms with Crippen LogP contribution in [0.5, 0.6) is 0 Å². The predicted molar refractivity (Wildman–Crippen MR) is 115 cm³/mol. The molecule has 0 radical (unpaired) electrons. The molecule has 0 atom stereocenters. The molecule has 1 aromatic heterocycles. The van der Waals surface area contributed by atoms with Crippen LogP contribution in [0.2, 0.25) is 0 Å². The lowest BCUT2D eigenvalue weighted by Gasteiger charge is -2.19. The highest BCUT2D eigenvalue weighted by Gasteiger charge is 2.17. The second-order valence-corrected chi connectivity index (χ2v) is 9.58. The van der Waals surface area contributed by atoms with Crippen molar-refractivity contribution < 1.29 is 17.9 Å². The van der Waals surface area contributed by atoms with Crippen molar-refractivity contribution in [2.75, 3.05) is 0 Å². The van der Waals surface area contributed by atoms with Gasteiger partial charge >= 0.3 is 6.09 Å². The topological polar surface area (TPSA) is 97.4 Å². The van der Waals surface area contributed by atoms with Crippen molar-refractivity contribution in [3.05, 3.63) is 72.1 Å². The number of carbonyl (C=O) groups excluding carboxylic acids is 1. The number of benzene rings is 2. The van der Waals surface area contributed by atoms with Crippen LogP contribution in [0.4, 0.5) is 4.79 Å². The molecule has 0 fully saturated rings. The molecule has 3 rings (SSSR count). The Morgan fingerprint density at radius 3 is 2.33 bits per heavy atom. The fraction of sp³-hybridized carbons (Fsp3) is 0.273. The number of rotatable bonds is 6. The maximum absolute atomic E-state index is 12.8. The quantitative estimate of drug-likeness (QED) is 0.625. The number of sulfonamides is 1. The Labute approximate surface area is 176 Å². The molecule has 1 heterocycles. The first kappa shape index (κ1) is 21.7. The Kier molecular flexibility index (Phi) is 6.38. The van der Waals surface area contributed by atoms with Gasteiger partial charge in [-0.1, -0.05) is 36.4 Å². The van der Waals surface area contributed by atoms with Crippen LogP contribution < -0.4 is 10.0 Å². The summed E-state index contributed by atoms with van der Waals surface area (Å²) in [6, 6.07) is 14.1. The van der Waals surface area contributed by atoms with E-state index in [1.807, 2.05) is 30.3 Å². The van der Waals surface area contributed by atoms with E-state index in [4.69, 9.17) is 4.74 Å². The number of aromatic nitrogens is 1. The monoisotopic (exact) mass is 427 g/mol. The number of hydrogen-bond donors (Lipinski definition) is 2. The van der Waals surface area contributed by atoms with Crippen molar-refractivity contribution in [1.82, 2.24) is 15.0 Å². The van der Waals surface area contributed by atoms with Gasteiger partial charge in [-0.3, -0.25) is 4.98 Å². The van der Waals surface area contributed by atoms with Gasteiger partial charge in [0.2, 0.25) is 10.0 Å². The second kappa shape index (κ2) is 8.81. The zero-order valence-corrected chi connectivity index (χ0v) is 18.0. The molecule has 0 spiro atoms. The van der Waals surface area contributed by atoms with Crippen molar-refractivity contribution in [2.45, 2.75) is 44.4 Å². The molecule has 0 aliphatic rings. The molecule has 0 aliphatic carbocycles. The van der Waals surface area contributed by atoms with Gasteiger partial charge in [0, 0.05) is 36.3 Å². The lowest BCUT2D eigenvalue weighted by atomic mass is 10.1. The molecule has 0 bridgehead atoms. The Bertz CT molecular complexity index is 1130. The van der Waals surface area contributed by atoms with E-state index in [0.29, 0.717) is 11.9 Å². The van der Waals surface area contributed by atoms with Crippen LogP contribution in [0.25, 0.3) is 10.8 Å². The summed E-state index contributed by atoms with van der Waals surface area (Å²) in [5.74, 6) is 0. The van der Waals surface area contributed by atoms with Crippen LogP contribution in [0, 0.1) is 0 Å². The van der Waals surface area contributed by atoms with E-state index in [1.165, 1.54) is 0 Å². The third kappa shape index (κ3) is 5.77. The highest BCUT2D eigenvalue weighted by atomic mass is 32.2. The van der Waals surface area contributed by atoms with E-state index < -0.39 is 21.7 Å². The van der Waals surface area contributed by atoms with Gasteiger partial charge in [-0.15, -0.1) is 0 Å². The molecule has 0 aliphatic heterocycles. The second-order valence-electron chi connectivity index (χ2n) is 7.85. The molecule has 2 aromatic carbocycles. The maximum atomic E-state index is 12.8. The first-order chi connectivity index (χ1) is 14.1. The first-order valence-corrected chi connectivity index (χ1v) is 11.0. The van der Waals surface area contributed by atoms with Crippen LogP contribution in [0.3, 0.4) is 0 Å². The molecular weight excluding hydrogens is 402 g/mol. The molecule has 3 aromatic rings. The molecule has 1 amide bonds. The fourth-order valence-electron chi connectivity index (χ4n) is 2.85. The van der Waals surface area contributed by atoms with Gasteiger partial charge in [0.25, 0.3) is 0 Å². The highest BCUT2D eigenvalue weighted by Crippen LogP contribution is 2.22. The highest BCUT2D eigenvalue weighted by molar-refractivity contribution is 7.89. The van der Waals surface area contributed by atoms with Gasteiger partial charge in [0.1, 0.15) is 5.60 Å². The number of ether oxygens (including phenoxy) is 1. The van der Waals surface area contributed by atoms with E-state index in [-0.39, 0.29) is 11.4 Å². The molecule has 8 heteroatoms. The van der Waals surface area contributed by atoms with E-state index in [9.17, 15) is 13.2 Å². The summed E-state index contributed by atoms with van der Waals surface area (Å²) in [7, 11) is -3.69. The Morgan fingerprint density at radius 1 is 1.00 bits per heavy atom. The number of nitrogens with zero attached hydrogens (tertiary/aromatic N) is 1. The summed E-state index contributed by atoms with van der Waals surface area (Å²) in [6.07, 6.45) is 2.73. The molecule has 2 N–H and O–H groups in total. The maximum Gasteiger partial charge on any atom is 0.407 e. The summed E-state index contributed by atoms with van der Waals surface area (Å²) >= 11 is 0. The van der Waals surface area contributed by atoms with Gasteiger partial charge in [-0.25, -0.2) is 17.9 Å². The first-order valence-electron chi connectivity index (χ1n) is 9.51. The summed E-state index contributed by atoms with van der Waals surface area (Å²) in [4.78, 5) is 16.0. The normalized spacial score (nSPS) is 12.0. The zero-order chi connectivity index (χ0) is 21.8. The fourth-order valence-corrected chi connectivity index (χ4v) is 4.09. The molecule has 7 nitrogen and oxygen atoms in total. The number of hydrogen-bond acceptors (Lipinski definition) is 5. The smallest absolute Gasteiger partial charge is 0.407 e. The minimum atomic E-state index is -3.69. The van der Waals surface area contributed by atoms with E-state index in [1.54, 1.807) is 51.4 Å². The summed E-state index contributed by atoms with van der Waals surface area (Å²) in [5.41, 5.74) is 1.14. The zero-order valence-electron chi connectivity index (χ0n) is 17.2. The number of nitrogens with one attached hydrogen (secondary N) is 2. The molecule has 30 heavy (non-hydrogen) atoms.